The lowest BCUT2D eigenvalue weighted by molar-refractivity contribution is 0.0463. The smallest absolute Gasteiger partial charge is 0.350 e. The lowest BCUT2D eigenvalue weighted by Crippen LogP contribution is -2.12. The number of nitrogens with one attached hydrogen (secondary N) is 1. The number of hydrogen-bond acceptors (Lipinski definition) is 7. The Hall–Kier alpha value is -2.87. The van der Waals surface area contributed by atoms with Gasteiger partial charge in [-0.05, 0) is 44.9 Å². The summed E-state index contributed by atoms with van der Waals surface area (Å²) in [7, 11) is 0. The number of anilines is 1. The summed E-state index contributed by atoms with van der Waals surface area (Å²) in [5.74, 6) is -0.492. The number of esters is 1. The predicted octanol–water partition coefficient (Wildman–Crippen LogP) is 4.08. The third-order valence-electron chi connectivity index (χ3n) is 4.09. The van der Waals surface area contributed by atoms with E-state index in [-0.39, 0.29) is 11.8 Å². The second-order valence-corrected chi connectivity index (χ2v) is 7.98. The van der Waals surface area contributed by atoms with E-state index in [1.807, 2.05) is 27.7 Å². The molecule has 2 aromatic heterocycles. The maximum Gasteiger partial charge on any atom is 0.350 e. The molecule has 0 aliphatic heterocycles. The van der Waals surface area contributed by atoms with Gasteiger partial charge in [-0.2, -0.15) is 0 Å². The molecule has 146 valence electrons. The minimum absolute atomic E-state index is 0.250. The summed E-state index contributed by atoms with van der Waals surface area (Å²) in [6, 6.07) is 5.16. The quantitative estimate of drug-likeness (QED) is 0.651. The summed E-state index contributed by atoms with van der Waals surface area (Å²) in [5.41, 5.74) is 4.06. The molecule has 3 aromatic rings. The average molecular weight is 398 g/mol. The number of ether oxygens (including phenoxy) is 1. The first kappa shape index (κ1) is 19.9. The fraction of sp³-hybridized carbons (Fsp3) is 0.350. The Bertz CT molecular complexity index is 1060. The number of rotatable bonds is 5. The lowest BCUT2D eigenvalue weighted by atomic mass is 10.1. The molecular formula is C20H22N4O3S. The van der Waals surface area contributed by atoms with Gasteiger partial charge in [-0.15, -0.1) is 0 Å². The largest absolute Gasteiger partial charge is 0.461 e. The van der Waals surface area contributed by atoms with Crippen molar-refractivity contribution < 1.29 is 14.3 Å². The van der Waals surface area contributed by atoms with E-state index in [1.54, 1.807) is 25.1 Å². The van der Waals surface area contributed by atoms with Crippen LogP contribution in [0.25, 0.3) is 11.0 Å². The highest BCUT2D eigenvalue weighted by Gasteiger charge is 2.19. The maximum absolute atomic E-state index is 12.6. The molecule has 0 fully saturated rings. The van der Waals surface area contributed by atoms with Crippen LogP contribution in [0.3, 0.4) is 0 Å². The van der Waals surface area contributed by atoms with E-state index in [4.69, 9.17) is 4.74 Å². The summed E-state index contributed by atoms with van der Waals surface area (Å²) >= 11 is 1.10. The third-order valence-corrected chi connectivity index (χ3v) is 5.14. The molecule has 0 atom stereocenters. The van der Waals surface area contributed by atoms with Crippen LogP contribution in [0.2, 0.25) is 0 Å². The van der Waals surface area contributed by atoms with E-state index in [0.717, 1.165) is 28.2 Å². The van der Waals surface area contributed by atoms with Crippen molar-refractivity contribution in [3.8, 4) is 0 Å². The van der Waals surface area contributed by atoms with Crippen molar-refractivity contribution in [3.05, 3.63) is 45.7 Å². The van der Waals surface area contributed by atoms with Crippen LogP contribution in [-0.4, -0.2) is 33.4 Å². The first-order valence-corrected chi connectivity index (χ1v) is 9.77. The van der Waals surface area contributed by atoms with Crippen LogP contribution in [0.1, 0.15) is 51.0 Å². The van der Waals surface area contributed by atoms with Crippen LogP contribution in [0.4, 0.5) is 5.13 Å². The highest BCUT2D eigenvalue weighted by molar-refractivity contribution is 7.17. The van der Waals surface area contributed by atoms with Gasteiger partial charge in [0, 0.05) is 5.56 Å². The standard InChI is InChI=1S/C20H22N4O3S/c1-10(2)9-27-19(26)17-13(5)23-20(28-17)24-18(25)14-6-7-15-16(8-14)22-12(4)11(3)21-15/h6-8,10H,9H2,1-5H3,(H,23,24,25). The molecule has 0 unspecified atom stereocenters. The van der Waals surface area contributed by atoms with E-state index in [0.29, 0.717) is 33.4 Å². The molecule has 2 heterocycles. The van der Waals surface area contributed by atoms with E-state index >= 15 is 0 Å². The molecular weight excluding hydrogens is 376 g/mol. The van der Waals surface area contributed by atoms with Gasteiger partial charge in [0.05, 0.1) is 34.7 Å². The summed E-state index contributed by atoms with van der Waals surface area (Å²) in [5, 5.41) is 3.09. The average Bonchev–Trinajstić information content (AvgIpc) is 3.00. The van der Waals surface area contributed by atoms with Crippen LogP contribution in [0.5, 0.6) is 0 Å². The lowest BCUT2D eigenvalue weighted by Gasteiger charge is -2.06. The summed E-state index contributed by atoms with van der Waals surface area (Å²) < 4.78 is 5.25. The highest BCUT2D eigenvalue weighted by atomic mass is 32.1. The van der Waals surface area contributed by atoms with Crippen molar-refractivity contribution in [1.82, 2.24) is 15.0 Å². The van der Waals surface area contributed by atoms with Gasteiger partial charge >= 0.3 is 5.97 Å². The second kappa shape index (κ2) is 8.02. The molecule has 3 rings (SSSR count). The number of benzene rings is 1. The molecule has 8 heteroatoms. The van der Waals surface area contributed by atoms with Gasteiger partial charge in [-0.3, -0.25) is 10.1 Å². The van der Waals surface area contributed by atoms with E-state index in [1.165, 1.54) is 0 Å². The summed E-state index contributed by atoms with van der Waals surface area (Å²) in [6.07, 6.45) is 0. The van der Waals surface area contributed by atoms with Crippen LogP contribution in [0.15, 0.2) is 18.2 Å². The molecule has 1 N–H and O–H groups in total. The predicted molar refractivity (Wildman–Crippen MR) is 109 cm³/mol. The minimum atomic E-state index is -0.420. The Morgan fingerprint density at radius 1 is 1.04 bits per heavy atom. The monoisotopic (exact) mass is 398 g/mol. The van der Waals surface area contributed by atoms with Crippen LogP contribution in [0, 0.1) is 26.7 Å². The first-order valence-electron chi connectivity index (χ1n) is 8.95. The van der Waals surface area contributed by atoms with Crippen LogP contribution in [-0.2, 0) is 4.74 Å². The molecule has 0 aliphatic rings. The fourth-order valence-corrected chi connectivity index (χ4v) is 3.34. The number of aryl methyl sites for hydroxylation is 3. The first-order chi connectivity index (χ1) is 13.2. The van der Waals surface area contributed by atoms with Gasteiger partial charge in [0.1, 0.15) is 4.88 Å². The van der Waals surface area contributed by atoms with Crippen molar-refractivity contribution >= 4 is 39.4 Å². The number of aromatic nitrogens is 3. The minimum Gasteiger partial charge on any atom is -0.461 e. The second-order valence-electron chi connectivity index (χ2n) is 6.98. The van der Waals surface area contributed by atoms with E-state index < -0.39 is 5.97 Å². The van der Waals surface area contributed by atoms with Crippen molar-refractivity contribution in [2.24, 2.45) is 5.92 Å². The Labute approximate surface area is 167 Å². The topological polar surface area (TPSA) is 94.1 Å². The normalized spacial score (nSPS) is 11.1. The maximum atomic E-state index is 12.6. The number of fused-ring (bicyclic) bond motifs is 1. The molecule has 0 aliphatic carbocycles. The van der Waals surface area contributed by atoms with Crippen molar-refractivity contribution in [3.63, 3.8) is 0 Å². The summed E-state index contributed by atoms with van der Waals surface area (Å²) in [4.78, 5) is 38.4. The van der Waals surface area contributed by atoms with Gasteiger partial charge < -0.3 is 4.74 Å². The zero-order chi connectivity index (χ0) is 20.4. The number of hydrogen-bond donors (Lipinski definition) is 1. The van der Waals surface area contributed by atoms with E-state index in [2.05, 4.69) is 20.3 Å². The van der Waals surface area contributed by atoms with Gasteiger partial charge in [0.15, 0.2) is 5.13 Å². The summed E-state index contributed by atoms with van der Waals surface area (Å²) in [6.45, 7) is 9.78. The fourth-order valence-electron chi connectivity index (χ4n) is 2.49. The van der Waals surface area contributed by atoms with Gasteiger partial charge in [0.25, 0.3) is 5.91 Å². The molecule has 0 radical (unpaired) electrons. The molecule has 1 aromatic carbocycles. The Morgan fingerprint density at radius 2 is 1.71 bits per heavy atom. The molecule has 1 amide bonds. The van der Waals surface area contributed by atoms with E-state index in [9.17, 15) is 9.59 Å². The number of thiazole rings is 1. The van der Waals surface area contributed by atoms with Crippen LogP contribution < -0.4 is 5.32 Å². The highest BCUT2D eigenvalue weighted by Crippen LogP contribution is 2.24. The van der Waals surface area contributed by atoms with Crippen molar-refractivity contribution in [2.75, 3.05) is 11.9 Å². The molecule has 0 spiro atoms. The zero-order valence-corrected chi connectivity index (χ0v) is 17.3. The van der Waals surface area contributed by atoms with Gasteiger partial charge in [-0.1, -0.05) is 25.2 Å². The van der Waals surface area contributed by atoms with Crippen LogP contribution >= 0.6 is 11.3 Å². The number of nitrogens with zero attached hydrogens (tertiary/aromatic N) is 3. The molecule has 28 heavy (non-hydrogen) atoms. The number of carbonyl (C=O) groups excluding carboxylic acids is 2. The third kappa shape index (κ3) is 4.33. The van der Waals surface area contributed by atoms with Crippen molar-refractivity contribution in [2.45, 2.75) is 34.6 Å². The van der Waals surface area contributed by atoms with Crippen molar-refractivity contribution in [1.29, 1.82) is 0 Å². The SMILES string of the molecule is Cc1nc2ccc(C(=O)Nc3nc(C)c(C(=O)OCC(C)C)s3)cc2nc1C. The molecule has 0 saturated heterocycles. The Kier molecular flexibility index (Phi) is 5.69. The Balaban J connectivity index is 1.78. The molecule has 0 bridgehead atoms. The number of amides is 1. The molecule has 7 nitrogen and oxygen atoms in total. The zero-order valence-electron chi connectivity index (χ0n) is 16.5. The Morgan fingerprint density at radius 3 is 2.39 bits per heavy atom. The molecule has 0 saturated carbocycles. The number of carbonyl (C=O) groups is 2. The van der Waals surface area contributed by atoms with Gasteiger partial charge in [0.2, 0.25) is 0 Å². The van der Waals surface area contributed by atoms with Gasteiger partial charge in [-0.25, -0.2) is 19.7 Å².